The minimum Gasteiger partial charge on any atom is -0.309 e. The van der Waals surface area contributed by atoms with Crippen LogP contribution in [-0.2, 0) is 16.2 Å². The molecule has 5 nitrogen and oxygen atoms in total. The van der Waals surface area contributed by atoms with Gasteiger partial charge in [-0.1, -0.05) is 183 Å². The Morgan fingerprint density at radius 2 is 0.743 bits per heavy atom. The predicted octanol–water partition coefficient (Wildman–Crippen LogP) is 17.6. The molecular weight excluding hydrogens is 899 g/mol. The fourth-order valence-electron chi connectivity index (χ4n) is 13.0. The fraction of sp³-hybridized carbons (Fsp3) is 0.174. The third-order valence-corrected chi connectivity index (χ3v) is 18.3. The maximum atomic E-state index is 5.14. The van der Waals surface area contributed by atoms with E-state index in [-0.39, 0.29) is 21.7 Å². The molecule has 0 saturated carbocycles. The van der Waals surface area contributed by atoms with Crippen molar-refractivity contribution >= 4 is 43.6 Å². The third-order valence-electron chi connectivity index (χ3n) is 18.3. The van der Waals surface area contributed by atoms with Crippen LogP contribution in [0.5, 0.6) is 0 Å². The minimum absolute atomic E-state index is 0.0123. The molecule has 358 valence electrons. The summed E-state index contributed by atoms with van der Waals surface area (Å²) in [6.07, 6.45) is 0. The van der Waals surface area contributed by atoms with Gasteiger partial charge in [0.25, 0.3) is 0 Å². The topological polar surface area (TPSA) is 48.5 Å². The Labute approximate surface area is 432 Å². The summed E-state index contributed by atoms with van der Waals surface area (Å²) >= 11 is 0. The number of aromatic nitrogens is 5. The highest BCUT2D eigenvalue weighted by Gasteiger charge is 2.57. The lowest BCUT2D eigenvalue weighted by atomic mass is 9.59. The number of rotatable bonds is 6. The molecule has 3 aromatic heterocycles. The van der Waals surface area contributed by atoms with Crippen LogP contribution < -0.4 is 0 Å². The standard InChI is InChI=1S/C69H57N5/c1-66(2)55-30-19-18-29-49(55)50-38-53-51-36-44(45-31-33-59-52(37-45)54-39-57-58(68(5,6)69(7,8)67(57,3)4)41-62(54)73(59)47-26-16-11-17-27-47)32-34-60(51)74(61(53)40-56(50)66)48-28-20-25-46(35-48)65-71-63(42-21-12-9-13-22-42)70-64(72-65)43-23-14-10-15-24-43/h9-41H,1-8H3. The minimum atomic E-state index is -0.170. The van der Waals surface area contributed by atoms with Gasteiger partial charge >= 0.3 is 0 Å². The van der Waals surface area contributed by atoms with Gasteiger partial charge in [0.15, 0.2) is 17.5 Å². The summed E-state index contributed by atoms with van der Waals surface area (Å²) in [6.45, 7) is 19.4. The average molecular weight is 956 g/mol. The molecule has 0 radical (unpaired) electrons. The summed E-state index contributed by atoms with van der Waals surface area (Å²) < 4.78 is 4.94. The SMILES string of the molecule is CC1(C)c2ccccc2-c2cc3c4cc(-c5ccc6c(c5)c5cc7c(cc5n6-c5ccccc5)C(C)(C)C(C)(C)C7(C)C)ccc4n(-c4cccc(-c5nc(-c6ccccc6)nc(-c6ccccc6)n5)c4)c3cc21. The lowest BCUT2D eigenvalue weighted by Crippen LogP contribution is -2.42. The van der Waals surface area contributed by atoms with E-state index in [0.717, 1.165) is 27.9 Å². The van der Waals surface area contributed by atoms with Crippen LogP contribution in [0.3, 0.4) is 0 Å². The Balaban J connectivity index is 0.982. The van der Waals surface area contributed by atoms with Crippen molar-refractivity contribution in [2.45, 2.75) is 71.6 Å². The van der Waals surface area contributed by atoms with Crippen LogP contribution in [0.1, 0.15) is 77.6 Å². The molecule has 9 aromatic carbocycles. The molecule has 0 saturated heterocycles. The zero-order valence-corrected chi connectivity index (χ0v) is 43.3. The highest BCUT2D eigenvalue weighted by molar-refractivity contribution is 6.14. The molecule has 74 heavy (non-hydrogen) atoms. The summed E-state index contributed by atoms with van der Waals surface area (Å²) in [7, 11) is 0. The lowest BCUT2D eigenvalue weighted by Gasteiger charge is -2.44. The molecule has 12 aromatic rings. The maximum absolute atomic E-state index is 5.14. The molecule has 0 atom stereocenters. The first kappa shape index (κ1) is 44.3. The lowest BCUT2D eigenvalue weighted by molar-refractivity contribution is 0.125. The number of para-hydroxylation sites is 1. The van der Waals surface area contributed by atoms with Gasteiger partial charge in [-0.05, 0) is 134 Å². The highest BCUT2D eigenvalue weighted by atomic mass is 15.0. The highest BCUT2D eigenvalue weighted by Crippen LogP contribution is 2.62. The van der Waals surface area contributed by atoms with Gasteiger partial charge in [0.1, 0.15) is 0 Å². The third kappa shape index (κ3) is 6.19. The molecule has 2 aliphatic rings. The van der Waals surface area contributed by atoms with Crippen molar-refractivity contribution in [2.75, 3.05) is 0 Å². The van der Waals surface area contributed by atoms with Crippen LogP contribution in [0.2, 0.25) is 0 Å². The van der Waals surface area contributed by atoms with Crippen molar-refractivity contribution < 1.29 is 0 Å². The smallest absolute Gasteiger partial charge is 0.164 e. The molecule has 0 N–H and O–H groups in total. The van der Waals surface area contributed by atoms with Gasteiger partial charge in [0, 0.05) is 55.0 Å². The van der Waals surface area contributed by atoms with Crippen molar-refractivity contribution in [1.82, 2.24) is 24.1 Å². The van der Waals surface area contributed by atoms with E-state index in [1.165, 1.54) is 88.3 Å². The first-order chi connectivity index (χ1) is 35.7. The van der Waals surface area contributed by atoms with Gasteiger partial charge in [-0.2, -0.15) is 0 Å². The first-order valence-corrected chi connectivity index (χ1v) is 26.1. The van der Waals surface area contributed by atoms with Gasteiger partial charge in [-0.15, -0.1) is 0 Å². The molecule has 3 heterocycles. The Morgan fingerprint density at radius 3 is 1.34 bits per heavy atom. The molecule has 0 unspecified atom stereocenters. The number of hydrogen-bond donors (Lipinski definition) is 0. The molecule has 0 aliphatic heterocycles. The Hall–Kier alpha value is -8.41. The summed E-state index contributed by atoms with van der Waals surface area (Å²) in [5.41, 5.74) is 20.3. The molecule has 0 fully saturated rings. The van der Waals surface area contributed by atoms with E-state index in [1.807, 2.05) is 36.4 Å². The molecule has 2 aliphatic carbocycles. The van der Waals surface area contributed by atoms with Crippen LogP contribution in [-0.4, -0.2) is 24.1 Å². The number of fused-ring (bicyclic) bond motifs is 10. The first-order valence-electron chi connectivity index (χ1n) is 26.1. The van der Waals surface area contributed by atoms with Gasteiger partial charge in [0.05, 0.1) is 22.1 Å². The van der Waals surface area contributed by atoms with E-state index in [9.17, 15) is 0 Å². The molecule has 14 rings (SSSR count). The molecule has 0 bridgehead atoms. The molecule has 0 amide bonds. The van der Waals surface area contributed by atoms with E-state index >= 15 is 0 Å². The number of hydrogen-bond acceptors (Lipinski definition) is 3. The van der Waals surface area contributed by atoms with Crippen LogP contribution in [0.4, 0.5) is 0 Å². The second-order valence-corrected chi connectivity index (χ2v) is 22.9. The number of benzene rings is 9. The van der Waals surface area contributed by atoms with Crippen LogP contribution in [0.15, 0.2) is 200 Å². The van der Waals surface area contributed by atoms with Crippen molar-refractivity contribution in [3.05, 3.63) is 222 Å². The second kappa shape index (κ2) is 15.6. The van der Waals surface area contributed by atoms with Crippen molar-refractivity contribution in [3.8, 4) is 67.8 Å². The van der Waals surface area contributed by atoms with Gasteiger partial charge < -0.3 is 9.13 Å². The van der Waals surface area contributed by atoms with E-state index in [2.05, 4.69) is 228 Å². The van der Waals surface area contributed by atoms with E-state index in [1.54, 1.807) is 0 Å². The average Bonchev–Trinajstić information content (AvgIpc) is 4.07. The summed E-state index contributed by atoms with van der Waals surface area (Å²) in [6, 6.07) is 73.2. The van der Waals surface area contributed by atoms with Crippen LogP contribution in [0, 0.1) is 5.41 Å². The van der Waals surface area contributed by atoms with E-state index in [0.29, 0.717) is 17.5 Å². The van der Waals surface area contributed by atoms with Crippen molar-refractivity contribution in [3.63, 3.8) is 0 Å². The summed E-state index contributed by atoms with van der Waals surface area (Å²) in [5, 5.41) is 5.00. The zero-order chi connectivity index (χ0) is 50.5. The largest absolute Gasteiger partial charge is 0.309 e. The Kier molecular flexibility index (Phi) is 9.31. The quantitative estimate of drug-likeness (QED) is 0.167. The maximum Gasteiger partial charge on any atom is 0.164 e. The fourth-order valence-corrected chi connectivity index (χ4v) is 13.0. The Bertz CT molecular complexity index is 4230. The molecule has 5 heteroatoms. The second-order valence-electron chi connectivity index (χ2n) is 22.9. The summed E-state index contributed by atoms with van der Waals surface area (Å²) in [4.78, 5) is 15.3. The molecule has 0 spiro atoms. The molecular formula is C69H57N5. The van der Waals surface area contributed by atoms with Gasteiger partial charge in [-0.3, -0.25) is 0 Å². The summed E-state index contributed by atoms with van der Waals surface area (Å²) in [5.74, 6) is 1.92. The number of nitrogens with zero attached hydrogens (tertiary/aromatic N) is 5. The normalized spacial score (nSPS) is 15.7. The zero-order valence-electron chi connectivity index (χ0n) is 43.3. The van der Waals surface area contributed by atoms with Crippen molar-refractivity contribution in [2.24, 2.45) is 5.41 Å². The Morgan fingerprint density at radius 1 is 0.297 bits per heavy atom. The van der Waals surface area contributed by atoms with Crippen LogP contribution in [0.25, 0.3) is 111 Å². The van der Waals surface area contributed by atoms with Crippen molar-refractivity contribution in [1.29, 1.82) is 0 Å². The van der Waals surface area contributed by atoms with E-state index < -0.39 is 0 Å². The van der Waals surface area contributed by atoms with Crippen LogP contribution >= 0.6 is 0 Å². The predicted molar refractivity (Wildman–Crippen MR) is 308 cm³/mol. The monoisotopic (exact) mass is 955 g/mol. The van der Waals surface area contributed by atoms with Gasteiger partial charge in [0.2, 0.25) is 0 Å². The van der Waals surface area contributed by atoms with Gasteiger partial charge in [-0.25, -0.2) is 15.0 Å². The van der Waals surface area contributed by atoms with E-state index in [4.69, 9.17) is 15.0 Å².